The summed E-state index contributed by atoms with van der Waals surface area (Å²) in [5.41, 5.74) is 0. The first-order chi connectivity index (χ1) is 9.99. The van der Waals surface area contributed by atoms with E-state index in [-0.39, 0.29) is 9.37 Å². The molecule has 1 aliphatic rings. The van der Waals surface area contributed by atoms with Gasteiger partial charge < -0.3 is 9.32 Å². The molecule has 0 spiro atoms. The van der Waals surface area contributed by atoms with Crippen molar-refractivity contribution in [2.24, 2.45) is 0 Å². The molecule has 2 nitrogen and oxygen atoms in total. The lowest BCUT2D eigenvalue weighted by Gasteiger charge is -2.12. The third-order valence-electron chi connectivity index (χ3n) is 1.29. The van der Waals surface area contributed by atoms with E-state index in [1.54, 1.807) is 0 Å². The monoisotopic (exact) mass is 240 g/mol. The largest absolute Gasteiger partial charge is 0.445 e. The van der Waals surface area contributed by atoms with Crippen LogP contribution in [0, 0.1) is 6.85 Å². The summed E-state index contributed by atoms with van der Waals surface area (Å²) in [6.07, 6.45) is -6.44. The molecular weight excluding hydrogens is 218 g/mol. The van der Waals surface area contributed by atoms with Crippen molar-refractivity contribution in [1.29, 1.82) is 0 Å². The Hall–Kier alpha value is -0.440. The van der Waals surface area contributed by atoms with Crippen molar-refractivity contribution >= 4 is 21.8 Å². The smallest absolute Gasteiger partial charge is 0.196 e. The van der Waals surface area contributed by atoms with Crippen molar-refractivity contribution in [3.63, 3.8) is 0 Å². The molecule has 12 heavy (non-hydrogen) atoms. The van der Waals surface area contributed by atoms with E-state index in [1.165, 1.54) is 0 Å². The van der Waals surface area contributed by atoms with Crippen LogP contribution in [-0.4, -0.2) is 13.0 Å². The summed E-state index contributed by atoms with van der Waals surface area (Å²) >= 11 is 2.92. The lowest BCUT2D eigenvalue weighted by molar-refractivity contribution is 0.525. The molecule has 0 aliphatic carbocycles. The quantitative estimate of drug-likeness (QED) is 0.751. The van der Waals surface area contributed by atoms with E-state index in [0.29, 0.717) is 0 Å². The molecule has 0 atom stereocenters. The van der Waals surface area contributed by atoms with Gasteiger partial charge in [0.25, 0.3) is 0 Å². The fraction of sp³-hybridized carbons (Fsp3) is 0.556. The Balaban J connectivity index is 2.68. The summed E-state index contributed by atoms with van der Waals surface area (Å²) in [6, 6.07) is 0.981. The Morgan fingerprint density at radius 3 is 3.00 bits per heavy atom. The number of aryl methyl sites for hydroxylation is 1. The van der Waals surface area contributed by atoms with Gasteiger partial charge in [0.15, 0.2) is 5.88 Å². The minimum Gasteiger partial charge on any atom is -0.445 e. The van der Waals surface area contributed by atoms with E-state index in [0.717, 1.165) is 6.07 Å². The summed E-state index contributed by atoms with van der Waals surface area (Å²) in [5, 5.41) is 0. The van der Waals surface area contributed by atoms with Crippen molar-refractivity contribution in [3.8, 4) is 0 Å². The van der Waals surface area contributed by atoms with Gasteiger partial charge in [-0.2, -0.15) is 0 Å². The van der Waals surface area contributed by atoms with Crippen LogP contribution in [-0.2, 0) is 0 Å². The first-order valence-electron chi connectivity index (χ1n) is 8.60. The highest BCUT2D eigenvalue weighted by molar-refractivity contribution is 9.10. The molecule has 0 radical (unpaired) electrons. The molecule has 0 saturated carbocycles. The maximum absolute atomic E-state index is 7.85. The Bertz CT molecular complexity index is 608. The molecule has 0 unspecified atom stereocenters. The molecule has 2 rings (SSSR count). The van der Waals surface area contributed by atoms with Crippen molar-refractivity contribution < 1.29 is 19.5 Å². The van der Waals surface area contributed by atoms with Crippen LogP contribution in [0.4, 0.5) is 5.88 Å². The average molecular weight is 241 g/mol. The minimum absolute atomic E-state index is 0.0767. The van der Waals surface area contributed by atoms with E-state index in [4.69, 9.17) is 19.5 Å². The van der Waals surface area contributed by atoms with Gasteiger partial charge in [-0.15, -0.1) is 0 Å². The second kappa shape index (κ2) is 3.13. The van der Waals surface area contributed by atoms with Gasteiger partial charge >= 0.3 is 0 Å². The van der Waals surface area contributed by atoms with E-state index < -0.39 is 44.2 Å². The van der Waals surface area contributed by atoms with E-state index in [9.17, 15) is 0 Å². The van der Waals surface area contributed by atoms with Crippen LogP contribution in [0.15, 0.2) is 15.0 Å². The third kappa shape index (κ3) is 1.38. The number of hydrogen-bond donors (Lipinski definition) is 0. The molecule has 1 aromatic rings. The minimum atomic E-state index is -3.22. The number of nitrogens with zero attached hydrogens (tertiary/aromatic N) is 1. The first kappa shape index (κ1) is 2.32. The van der Waals surface area contributed by atoms with Crippen LogP contribution in [0.5, 0.6) is 0 Å². The Kier molecular flexibility index (Phi) is 0.606. The number of hydrogen-bond acceptors (Lipinski definition) is 2. The number of halogens is 1. The maximum Gasteiger partial charge on any atom is 0.196 e. The molecule has 0 bridgehead atoms. The zero-order valence-corrected chi connectivity index (χ0v) is 7.40. The molecule has 0 N–H and O–H groups in total. The molecule has 1 fully saturated rings. The lowest BCUT2D eigenvalue weighted by Crippen LogP contribution is -2.16. The van der Waals surface area contributed by atoms with Gasteiger partial charge in [0.05, 0.1) is 4.47 Å². The molecule has 1 aliphatic heterocycles. The maximum atomic E-state index is 7.85. The molecule has 2 heterocycles. The van der Waals surface area contributed by atoms with Gasteiger partial charge in [-0.1, -0.05) is 0 Å². The molecule has 1 aromatic heterocycles. The van der Waals surface area contributed by atoms with Crippen molar-refractivity contribution in [2.75, 3.05) is 17.9 Å². The summed E-state index contributed by atoms with van der Waals surface area (Å²) in [7, 11) is 0. The SMILES string of the molecule is [2H]C([2H])([2H])c1oc(N2C([2H])([2H])C([2H])([2H])C([2H])([2H])C2([2H])[2H])cc1Br. The summed E-state index contributed by atoms with van der Waals surface area (Å²) < 4.78 is 89.0. The van der Waals surface area contributed by atoms with Gasteiger partial charge in [-0.05, 0) is 35.5 Å². The van der Waals surface area contributed by atoms with Gasteiger partial charge in [0.2, 0.25) is 0 Å². The normalized spacial score (nSPS) is 48.8. The number of furan rings is 1. The fourth-order valence-corrected chi connectivity index (χ4v) is 1.05. The Labute approximate surface area is 96.1 Å². The predicted molar refractivity (Wildman–Crippen MR) is 52.6 cm³/mol. The van der Waals surface area contributed by atoms with Crippen LogP contribution >= 0.6 is 15.9 Å². The van der Waals surface area contributed by atoms with Crippen LogP contribution < -0.4 is 4.90 Å². The summed E-state index contributed by atoms with van der Waals surface area (Å²) in [6.45, 7) is -8.94. The molecule has 66 valence electrons. The Morgan fingerprint density at radius 1 is 1.67 bits per heavy atom. The lowest BCUT2D eigenvalue weighted by atomic mass is 10.4. The van der Waals surface area contributed by atoms with Gasteiger partial charge in [0.1, 0.15) is 5.76 Å². The van der Waals surface area contributed by atoms with Crippen LogP contribution in [0.1, 0.15) is 33.6 Å². The van der Waals surface area contributed by atoms with E-state index >= 15 is 0 Å². The molecule has 0 amide bonds. The molecular formula is C9H12BrNO. The van der Waals surface area contributed by atoms with Crippen LogP contribution in [0.2, 0.25) is 0 Å². The highest BCUT2D eigenvalue weighted by atomic mass is 79.9. The Morgan fingerprint density at radius 2 is 2.42 bits per heavy atom. The van der Waals surface area contributed by atoms with Crippen molar-refractivity contribution in [2.45, 2.75) is 19.6 Å². The van der Waals surface area contributed by atoms with Gasteiger partial charge in [-0.25, -0.2) is 0 Å². The zero-order valence-electron chi connectivity index (χ0n) is 16.8. The number of rotatable bonds is 1. The number of anilines is 1. The average Bonchev–Trinajstić information content (AvgIpc) is 2.71. The molecule has 3 heteroatoms. The molecule has 0 aromatic carbocycles. The van der Waals surface area contributed by atoms with Crippen LogP contribution in [0.3, 0.4) is 0 Å². The standard InChI is InChI=1S/C9H12BrNO/c1-7-8(10)6-9(12-7)11-4-2-3-5-11/h6H,2-5H2,1H3/i1D3,2D2,3D2,4D2,5D2. The highest BCUT2D eigenvalue weighted by Gasteiger charge is 2.16. The first-order valence-corrected chi connectivity index (χ1v) is 3.89. The van der Waals surface area contributed by atoms with E-state index in [2.05, 4.69) is 15.9 Å². The summed E-state index contributed by atoms with van der Waals surface area (Å²) in [5.74, 6) is -1.18. The van der Waals surface area contributed by atoms with Crippen molar-refractivity contribution in [3.05, 3.63) is 16.3 Å². The molecule has 1 saturated heterocycles. The van der Waals surface area contributed by atoms with Gasteiger partial charge in [0, 0.05) is 34.1 Å². The second-order valence-corrected chi connectivity index (χ2v) is 2.93. The second-order valence-electron chi connectivity index (χ2n) is 2.07. The van der Waals surface area contributed by atoms with Gasteiger partial charge in [-0.3, -0.25) is 0 Å². The predicted octanol–water partition coefficient (Wildman–Crippen LogP) is 2.95. The summed E-state index contributed by atoms with van der Waals surface area (Å²) in [4.78, 5) is 0.167. The van der Waals surface area contributed by atoms with Crippen molar-refractivity contribution in [1.82, 2.24) is 0 Å². The van der Waals surface area contributed by atoms with E-state index in [1.807, 2.05) is 0 Å². The fourth-order valence-electron chi connectivity index (χ4n) is 0.773. The third-order valence-corrected chi connectivity index (χ3v) is 1.88. The topological polar surface area (TPSA) is 16.4 Å². The zero-order chi connectivity index (χ0) is 18.2. The highest BCUT2D eigenvalue weighted by Crippen LogP contribution is 2.28. The van der Waals surface area contributed by atoms with Crippen LogP contribution in [0.25, 0.3) is 0 Å².